The molecule has 2 aromatic heterocycles. The molecule has 0 unspecified atom stereocenters. The number of likely N-dealkylation sites (N-methyl/N-ethyl adjacent to an activating group) is 1. The first-order valence-electron chi connectivity index (χ1n) is 15.0. The van der Waals surface area contributed by atoms with Crippen LogP contribution in [0, 0.1) is 11.2 Å². The molecule has 0 aliphatic heterocycles. The Labute approximate surface area is 266 Å². The van der Waals surface area contributed by atoms with Crippen LogP contribution in [0.1, 0.15) is 49.8 Å². The monoisotopic (exact) mass is 637 g/mol. The van der Waals surface area contributed by atoms with Crippen LogP contribution < -0.4 is 33.1 Å². The molecule has 13 heteroatoms. The van der Waals surface area contributed by atoms with Gasteiger partial charge in [0.05, 0.1) is 22.8 Å². The molecule has 11 nitrogen and oxygen atoms in total. The number of aromatic amines is 1. The topological polar surface area (TPSA) is 180 Å². The summed E-state index contributed by atoms with van der Waals surface area (Å²) in [6.07, 6.45) is 4.92. The molecule has 0 saturated carbocycles. The van der Waals surface area contributed by atoms with Crippen LogP contribution in [0.15, 0.2) is 47.4 Å². The van der Waals surface area contributed by atoms with Gasteiger partial charge in [-0.25, -0.2) is 9.18 Å². The molecule has 4 rings (SSSR count). The van der Waals surface area contributed by atoms with Crippen LogP contribution in [0.5, 0.6) is 0 Å². The molecule has 0 bridgehead atoms. The van der Waals surface area contributed by atoms with E-state index in [1.807, 2.05) is 26.0 Å². The van der Waals surface area contributed by atoms with E-state index >= 15 is 4.39 Å². The predicted octanol–water partition coefficient (Wildman–Crippen LogP) is 3.48. The van der Waals surface area contributed by atoms with Gasteiger partial charge in [-0.2, -0.15) is 4.98 Å². The Balaban J connectivity index is 1.63. The van der Waals surface area contributed by atoms with Crippen LogP contribution in [0.3, 0.4) is 0 Å². The lowest BCUT2D eigenvalue weighted by atomic mass is 10.0. The van der Waals surface area contributed by atoms with Crippen LogP contribution in [-0.4, -0.2) is 52.1 Å². The lowest BCUT2D eigenvalue weighted by molar-refractivity contribution is -0.119. The molecule has 0 radical (unpaired) electrons. The van der Waals surface area contributed by atoms with E-state index in [0.29, 0.717) is 47.5 Å². The fraction of sp³-hybridized carbons (Fsp3) is 0.375. The number of hydrogen-bond donors (Lipinski definition) is 7. The molecule has 0 saturated heterocycles. The number of nitrogens with one attached hydrogen (secondary N) is 5. The number of guanidine groups is 1. The smallest absolute Gasteiger partial charge is 0.354 e. The van der Waals surface area contributed by atoms with Gasteiger partial charge in [0.2, 0.25) is 5.91 Å². The molecule has 0 fully saturated rings. The molecule has 2 atom stereocenters. The van der Waals surface area contributed by atoms with Gasteiger partial charge in [-0.05, 0) is 86.6 Å². The largest absolute Gasteiger partial charge is 0.370 e. The van der Waals surface area contributed by atoms with E-state index in [1.54, 1.807) is 37.5 Å². The fourth-order valence-corrected chi connectivity index (χ4v) is 5.35. The highest BCUT2D eigenvalue weighted by molar-refractivity contribution is 6.31. The van der Waals surface area contributed by atoms with Crippen molar-refractivity contribution in [2.75, 3.05) is 13.6 Å². The van der Waals surface area contributed by atoms with Crippen molar-refractivity contribution in [3.8, 4) is 16.9 Å². The fourth-order valence-electron chi connectivity index (χ4n) is 5.11. The van der Waals surface area contributed by atoms with Crippen LogP contribution in [0.2, 0.25) is 5.02 Å². The molecular weight excluding hydrogens is 597 g/mol. The van der Waals surface area contributed by atoms with E-state index in [9.17, 15) is 9.59 Å². The summed E-state index contributed by atoms with van der Waals surface area (Å²) >= 11 is 6.26. The standard InChI is InChI=1S/C32H41ClFN9O2/c1-18(35)5-4-6-20-11-25(29(34)26(33)12-20)27-14-23-17-43(32(45)42-30(23)41-27)24-8-7-21(22(13-24)15-28(44)38-3)16-40-19(2)9-10-39-31(36)37/h7-8,11-14,17-19,40H,4-6,9-10,15-16,35H2,1-3H3,(H,38,44)(H4,36,37,39)(H,41,42,45)/t18-,19-/m0/s1. The molecule has 4 aromatic rings. The summed E-state index contributed by atoms with van der Waals surface area (Å²) in [6.45, 7) is 5.04. The first-order chi connectivity index (χ1) is 21.4. The Kier molecular flexibility index (Phi) is 11.3. The van der Waals surface area contributed by atoms with Crippen molar-refractivity contribution < 1.29 is 9.18 Å². The van der Waals surface area contributed by atoms with E-state index in [2.05, 4.69) is 25.9 Å². The maximum atomic E-state index is 15.2. The summed E-state index contributed by atoms with van der Waals surface area (Å²) in [4.78, 5) is 32.8. The molecule has 2 aromatic carbocycles. The average Bonchev–Trinajstić information content (AvgIpc) is 3.39. The molecule has 45 heavy (non-hydrogen) atoms. The second-order valence-electron chi connectivity index (χ2n) is 11.4. The number of carbonyl (C=O) groups excluding carboxylic acids is 1. The number of benzene rings is 2. The number of fused-ring (bicyclic) bond motifs is 1. The van der Waals surface area contributed by atoms with Crippen molar-refractivity contribution >= 4 is 34.5 Å². The third kappa shape index (κ3) is 8.90. The number of nitrogens with zero attached hydrogens (tertiary/aromatic N) is 2. The summed E-state index contributed by atoms with van der Waals surface area (Å²) < 4.78 is 16.6. The highest BCUT2D eigenvalue weighted by Crippen LogP contribution is 2.31. The molecule has 9 N–H and O–H groups in total. The predicted molar refractivity (Wildman–Crippen MR) is 177 cm³/mol. The lowest BCUT2D eigenvalue weighted by Crippen LogP contribution is -2.35. The van der Waals surface area contributed by atoms with Crippen molar-refractivity contribution in [1.29, 1.82) is 5.41 Å². The SMILES string of the molecule is CNC(=O)Cc1cc(-n2cc3cc(-c4cc(CCC[C@H](C)N)cc(Cl)c4F)[nH]c3nc2=O)ccc1CN[C@@H](C)CCNC(=N)N. The second-order valence-corrected chi connectivity index (χ2v) is 11.8. The molecular formula is C32H41ClFN9O2. The number of H-pyrrole nitrogens is 1. The Morgan fingerprint density at radius 1 is 1.18 bits per heavy atom. The number of amides is 1. The zero-order chi connectivity index (χ0) is 32.7. The van der Waals surface area contributed by atoms with Gasteiger partial charge >= 0.3 is 5.69 Å². The molecule has 0 spiro atoms. The van der Waals surface area contributed by atoms with Gasteiger partial charge in [-0.15, -0.1) is 0 Å². The van der Waals surface area contributed by atoms with Crippen molar-refractivity contribution in [2.45, 2.75) is 64.6 Å². The molecule has 2 heterocycles. The summed E-state index contributed by atoms with van der Waals surface area (Å²) in [5, 5.41) is 16.8. The molecule has 0 aliphatic carbocycles. The Bertz CT molecular complexity index is 1730. The Hall–Kier alpha value is -4.26. The maximum absolute atomic E-state index is 15.2. The van der Waals surface area contributed by atoms with Crippen LogP contribution in [0.4, 0.5) is 4.39 Å². The normalized spacial score (nSPS) is 12.7. The summed E-state index contributed by atoms with van der Waals surface area (Å²) in [5.74, 6) is -0.787. The van der Waals surface area contributed by atoms with Crippen LogP contribution >= 0.6 is 11.6 Å². The number of aryl methyl sites for hydroxylation is 1. The quantitative estimate of drug-likeness (QED) is 0.0816. The lowest BCUT2D eigenvalue weighted by Gasteiger charge is -2.17. The van der Waals surface area contributed by atoms with E-state index in [-0.39, 0.29) is 35.4 Å². The van der Waals surface area contributed by atoms with Gasteiger partial charge in [0.25, 0.3) is 0 Å². The minimum Gasteiger partial charge on any atom is -0.370 e. The van der Waals surface area contributed by atoms with Crippen LogP contribution in [0.25, 0.3) is 28.0 Å². The van der Waals surface area contributed by atoms with Gasteiger partial charge in [0, 0.05) is 49.4 Å². The van der Waals surface area contributed by atoms with Crippen molar-refractivity contribution in [3.63, 3.8) is 0 Å². The second kappa shape index (κ2) is 15.2. The van der Waals surface area contributed by atoms with Gasteiger partial charge in [0.1, 0.15) is 5.65 Å². The minimum atomic E-state index is -0.554. The van der Waals surface area contributed by atoms with E-state index in [1.165, 1.54) is 4.57 Å². The maximum Gasteiger partial charge on any atom is 0.354 e. The number of nitrogens with two attached hydrogens (primary N) is 2. The highest BCUT2D eigenvalue weighted by Gasteiger charge is 2.17. The zero-order valence-corrected chi connectivity index (χ0v) is 26.5. The number of carbonyl (C=O) groups is 1. The zero-order valence-electron chi connectivity index (χ0n) is 25.8. The third-order valence-electron chi connectivity index (χ3n) is 7.64. The number of rotatable bonds is 14. The van der Waals surface area contributed by atoms with Gasteiger partial charge in [-0.1, -0.05) is 17.7 Å². The Morgan fingerprint density at radius 3 is 2.67 bits per heavy atom. The first-order valence-corrected chi connectivity index (χ1v) is 15.3. The number of hydrogen-bond acceptors (Lipinski definition) is 6. The van der Waals surface area contributed by atoms with Crippen LogP contribution in [-0.2, 0) is 24.2 Å². The molecule has 1 amide bonds. The molecule has 0 aliphatic rings. The summed E-state index contributed by atoms with van der Waals surface area (Å²) in [6, 6.07) is 10.8. The van der Waals surface area contributed by atoms with E-state index < -0.39 is 11.5 Å². The highest BCUT2D eigenvalue weighted by atomic mass is 35.5. The van der Waals surface area contributed by atoms with Gasteiger partial charge in [-0.3, -0.25) is 14.8 Å². The number of aromatic nitrogens is 3. The van der Waals surface area contributed by atoms with Crippen molar-refractivity contribution in [1.82, 2.24) is 30.5 Å². The average molecular weight is 638 g/mol. The summed E-state index contributed by atoms with van der Waals surface area (Å²) in [7, 11) is 1.58. The summed E-state index contributed by atoms with van der Waals surface area (Å²) in [5.41, 5.74) is 14.9. The number of halogens is 2. The van der Waals surface area contributed by atoms with Crippen molar-refractivity contribution in [3.05, 3.63) is 80.6 Å². The third-order valence-corrected chi connectivity index (χ3v) is 7.92. The first kappa shape index (κ1) is 33.6. The minimum absolute atomic E-state index is 0.0230. The van der Waals surface area contributed by atoms with Gasteiger partial charge < -0.3 is 32.4 Å². The van der Waals surface area contributed by atoms with Crippen molar-refractivity contribution in [2.24, 2.45) is 11.5 Å². The van der Waals surface area contributed by atoms with E-state index in [0.717, 1.165) is 36.0 Å². The van der Waals surface area contributed by atoms with E-state index in [4.69, 9.17) is 28.5 Å². The Morgan fingerprint density at radius 2 is 1.96 bits per heavy atom. The van der Waals surface area contributed by atoms with Gasteiger partial charge in [0.15, 0.2) is 11.8 Å². The molecule has 240 valence electrons.